The second kappa shape index (κ2) is 5.22. The quantitative estimate of drug-likeness (QED) is 0.894. The zero-order valence-electron chi connectivity index (χ0n) is 9.21. The highest BCUT2D eigenvalue weighted by atomic mass is 19.1. The maximum atomic E-state index is 12.6. The van der Waals surface area contributed by atoms with Gasteiger partial charge in [-0.3, -0.25) is 0 Å². The van der Waals surface area contributed by atoms with Gasteiger partial charge in [0.25, 0.3) is 0 Å². The molecule has 5 nitrogen and oxygen atoms in total. The molecule has 2 rings (SSSR count). The van der Waals surface area contributed by atoms with Gasteiger partial charge in [0.2, 0.25) is 0 Å². The summed E-state index contributed by atoms with van der Waals surface area (Å²) < 4.78 is 17.9. The van der Waals surface area contributed by atoms with Crippen LogP contribution in [-0.2, 0) is 6.61 Å². The lowest BCUT2D eigenvalue weighted by Crippen LogP contribution is -2.04. The zero-order valence-corrected chi connectivity index (χ0v) is 9.21. The van der Waals surface area contributed by atoms with Crippen molar-refractivity contribution in [3.8, 4) is 5.75 Å². The minimum atomic E-state index is -1.08. The molecule has 6 heteroatoms. The number of hydrogen-bond acceptors (Lipinski definition) is 4. The molecule has 0 radical (unpaired) electrons. The number of nitrogens with zero attached hydrogens (tertiary/aromatic N) is 2. The average Bonchev–Trinajstić information content (AvgIpc) is 2.38. The van der Waals surface area contributed by atoms with Gasteiger partial charge in [0.05, 0.1) is 5.56 Å². The van der Waals surface area contributed by atoms with E-state index in [-0.39, 0.29) is 18.0 Å². The van der Waals surface area contributed by atoms with Crippen LogP contribution in [0.4, 0.5) is 4.39 Å². The van der Waals surface area contributed by atoms with Crippen molar-refractivity contribution in [2.75, 3.05) is 0 Å². The van der Waals surface area contributed by atoms with Crippen LogP contribution < -0.4 is 4.74 Å². The van der Waals surface area contributed by atoms with Crippen LogP contribution >= 0.6 is 0 Å². The van der Waals surface area contributed by atoms with E-state index >= 15 is 0 Å². The number of hydrogen-bond donors (Lipinski definition) is 1. The summed E-state index contributed by atoms with van der Waals surface area (Å²) >= 11 is 0. The molecule has 92 valence electrons. The second-order valence-electron chi connectivity index (χ2n) is 3.44. The molecule has 0 atom stereocenters. The molecule has 1 heterocycles. The molecule has 0 fully saturated rings. The van der Waals surface area contributed by atoms with Gasteiger partial charge in [-0.2, -0.15) is 0 Å². The van der Waals surface area contributed by atoms with Gasteiger partial charge in [-0.15, -0.1) is 0 Å². The molecule has 0 aliphatic carbocycles. The third-order valence-corrected chi connectivity index (χ3v) is 2.13. The molecular formula is C12H9FN2O3. The Morgan fingerprint density at radius 1 is 1.22 bits per heavy atom. The monoisotopic (exact) mass is 248 g/mol. The van der Waals surface area contributed by atoms with Crippen molar-refractivity contribution in [1.82, 2.24) is 9.97 Å². The number of halogens is 1. The van der Waals surface area contributed by atoms with Crippen molar-refractivity contribution >= 4 is 5.97 Å². The number of ether oxygens (including phenoxy) is 1. The molecule has 1 N–H and O–H groups in total. The van der Waals surface area contributed by atoms with E-state index in [1.807, 2.05) is 0 Å². The van der Waals surface area contributed by atoms with Crippen molar-refractivity contribution in [2.24, 2.45) is 0 Å². The Morgan fingerprint density at radius 3 is 2.39 bits per heavy atom. The Hall–Kier alpha value is -2.50. The first kappa shape index (κ1) is 12.0. The van der Waals surface area contributed by atoms with Crippen molar-refractivity contribution in [2.45, 2.75) is 6.61 Å². The van der Waals surface area contributed by atoms with Crippen molar-refractivity contribution < 1.29 is 19.0 Å². The average molecular weight is 248 g/mol. The minimum Gasteiger partial charge on any atom is -0.486 e. The largest absolute Gasteiger partial charge is 0.486 e. The van der Waals surface area contributed by atoms with Crippen molar-refractivity contribution in [3.63, 3.8) is 0 Å². The third-order valence-electron chi connectivity index (χ3n) is 2.13. The topological polar surface area (TPSA) is 72.3 Å². The van der Waals surface area contributed by atoms with Crippen LogP contribution in [0.1, 0.15) is 16.2 Å². The van der Waals surface area contributed by atoms with Crippen LogP contribution in [0.3, 0.4) is 0 Å². The summed E-state index contributed by atoms with van der Waals surface area (Å²) in [5.74, 6) is -0.586. The fourth-order valence-electron chi connectivity index (χ4n) is 1.22. The normalized spacial score (nSPS) is 10.1. The number of carbonyl (C=O) groups is 1. The van der Waals surface area contributed by atoms with Crippen LogP contribution in [-0.4, -0.2) is 21.0 Å². The molecule has 1 aromatic heterocycles. The molecule has 2 aromatic rings. The molecule has 0 unspecified atom stereocenters. The lowest BCUT2D eigenvalue weighted by atomic mass is 10.3. The van der Waals surface area contributed by atoms with Gasteiger partial charge in [-0.05, 0) is 24.3 Å². The van der Waals surface area contributed by atoms with E-state index in [0.717, 1.165) is 0 Å². The van der Waals surface area contributed by atoms with Gasteiger partial charge in [-0.25, -0.2) is 19.2 Å². The van der Waals surface area contributed by atoms with E-state index in [9.17, 15) is 9.18 Å². The molecule has 0 spiro atoms. The Labute approximate surface area is 102 Å². The highest BCUT2D eigenvalue weighted by Crippen LogP contribution is 2.12. The smallest absolute Gasteiger partial charge is 0.338 e. The number of aromatic nitrogens is 2. The summed E-state index contributed by atoms with van der Waals surface area (Å²) in [6, 6.07) is 5.54. The van der Waals surface area contributed by atoms with Gasteiger partial charge in [0.1, 0.15) is 18.2 Å². The Morgan fingerprint density at radius 2 is 1.83 bits per heavy atom. The number of benzene rings is 1. The lowest BCUT2D eigenvalue weighted by molar-refractivity contribution is 0.0695. The van der Waals surface area contributed by atoms with Crippen LogP contribution in [0.2, 0.25) is 0 Å². The maximum Gasteiger partial charge on any atom is 0.338 e. The van der Waals surface area contributed by atoms with Crippen molar-refractivity contribution in [3.05, 3.63) is 53.9 Å². The van der Waals surface area contributed by atoms with Gasteiger partial charge < -0.3 is 9.84 Å². The molecule has 0 amide bonds. The second-order valence-corrected chi connectivity index (χ2v) is 3.44. The van der Waals surface area contributed by atoms with E-state index in [1.54, 1.807) is 0 Å². The minimum absolute atomic E-state index is 0.0144. The maximum absolute atomic E-state index is 12.6. The standard InChI is InChI=1S/C12H9FN2O3/c13-9-1-3-10(4-2-9)18-7-11-14-5-8(6-15-11)12(16)17/h1-6H,7H2,(H,16,17). The van der Waals surface area contributed by atoms with Gasteiger partial charge in [0, 0.05) is 12.4 Å². The SMILES string of the molecule is O=C(O)c1cnc(COc2ccc(F)cc2)nc1. The summed E-state index contributed by atoms with van der Waals surface area (Å²) in [7, 11) is 0. The Balaban J connectivity index is 1.97. The molecule has 0 saturated carbocycles. The first-order chi connectivity index (χ1) is 8.65. The summed E-state index contributed by atoms with van der Waals surface area (Å²) in [5, 5.41) is 8.66. The van der Waals surface area contributed by atoms with Gasteiger partial charge in [0.15, 0.2) is 5.82 Å². The van der Waals surface area contributed by atoms with E-state index in [4.69, 9.17) is 9.84 Å². The first-order valence-corrected chi connectivity index (χ1v) is 5.08. The molecule has 0 saturated heterocycles. The molecule has 18 heavy (non-hydrogen) atoms. The van der Waals surface area contributed by atoms with Crippen LogP contribution in [0, 0.1) is 5.82 Å². The highest BCUT2D eigenvalue weighted by molar-refractivity contribution is 5.86. The van der Waals surface area contributed by atoms with E-state index in [0.29, 0.717) is 11.6 Å². The number of rotatable bonds is 4. The number of carboxylic acids is 1. The molecule has 0 bridgehead atoms. The third kappa shape index (κ3) is 3.00. The van der Waals surface area contributed by atoms with E-state index in [1.165, 1.54) is 36.7 Å². The molecule has 1 aromatic carbocycles. The fraction of sp³-hybridized carbons (Fsp3) is 0.0833. The first-order valence-electron chi connectivity index (χ1n) is 5.08. The molecule has 0 aliphatic heterocycles. The van der Waals surface area contributed by atoms with Gasteiger partial charge in [-0.1, -0.05) is 0 Å². The molecule has 0 aliphatic rings. The van der Waals surface area contributed by atoms with E-state index in [2.05, 4.69) is 9.97 Å². The predicted octanol–water partition coefficient (Wildman–Crippen LogP) is 1.89. The van der Waals surface area contributed by atoms with Crippen LogP contribution in [0.25, 0.3) is 0 Å². The number of aromatic carboxylic acids is 1. The number of carboxylic acid groups (broad SMARTS) is 1. The Bertz CT molecular complexity index is 540. The van der Waals surface area contributed by atoms with Gasteiger partial charge >= 0.3 is 5.97 Å². The summed E-state index contributed by atoms with van der Waals surface area (Å²) in [6.45, 7) is 0.0888. The Kier molecular flexibility index (Phi) is 3.47. The van der Waals surface area contributed by atoms with Crippen LogP contribution in [0.5, 0.6) is 5.75 Å². The van der Waals surface area contributed by atoms with Crippen LogP contribution in [0.15, 0.2) is 36.7 Å². The lowest BCUT2D eigenvalue weighted by Gasteiger charge is -2.04. The highest BCUT2D eigenvalue weighted by Gasteiger charge is 2.04. The fourth-order valence-corrected chi connectivity index (χ4v) is 1.22. The summed E-state index contributed by atoms with van der Waals surface area (Å²) in [5.41, 5.74) is 0.0144. The summed E-state index contributed by atoms with van der Waals surface area (Å²) in [6.07, 6.45) is 2.41. The van der Waals surface area contributed by atoms with Crippen molar-refractivity contribution in [1.29, 1.82) is 0 Å². The zero-order chi connectivity index (χ0) is 13.0. The predicted molar refractivity (Wildman–Crippen MR) is 59.7 cm³/mol. The summed E-state index contributed by atoms with van der Waals surface area (Å²) in [4.78, 5) is 18.3. The molecular weight excluding hydrogens is 239 g/mol. The van der Waals surface area contributed by atoms with E-state index < -0.39 is 5.97 Å².